The second kappa shape index (κ2) is 10.5. The standard InChI is InChI=1S/C25H28N2O4/c1-4-30-22-13-12-21(15-23(22)31-5-2)25(29)26-16-24(28)27(3)17-18-10-11-19-8-6-7-9-20(19)14-18/h6-15H,4-5,16-17H2,1-3H3,(H,26,29). The van der Waals surface area contributed by atoms with Gasteiger partial charge in [0.05, 0.1) is 19.8 Å². The Labute approximate surface area is 182 Å². The van der Waals surface area contributed by atoms with Gasteiger partial charge in [-0.2, -0.15) is 0 Å². The number of nitrogens with one attached hydrogen (secondary N) is 1. The number of nitrogens with zero attached hydrogens (tertiary/aromatic N) is 1. The summed E-state index contributed by atoms with van der Waals surface area (Å²) in [5.74, 6) is 0.595. The maximum absolute atomic E-state index is 12.5. The summed E-state index contributed by atoms with van der Waals surface area (Å²) in [4.78, 5) is 26.7. The maximum atomic E-state index is 12.5. The van der Waals surface area contributed by atoms with Crippen LogP contribution in [0.5, 0.6) is 11.5 Å². The molecular formula is C25H28N2O4. The Morgan fingerprint density at radius 2 is 1.58 bits per heavy atom. The number of carbonyl (C=O) groups excluding carboxylic acids is 2. The zero-order valence-corrected chi connectivity index (χ0v) is 18.2. The third-order valence-electron chi connectivity index (χ3n) is 4.87. The molecule has 0 bridgehead atoms. The van der Waals surface area contributed by atoms with Crippen LogP contribution in [-0.4, -0.2) is 43.5 Å². The number of carbonyl (C=O) groups is 2. The Morgan fingerprint density at radius 1 is 0.871 bits per heavy atom. The predicted octanol–water partition coefficient (Wildman–Crippen LogP) is 4.03. The minimum atomic E-state index is -0.337. The first-order valence-corrected chi connectivity index (χ1v) is 10.4. The van der Waals surface area contributed by atoms with Crippen molar-refractivity contribution in [1.29, 1.82) is 0 Å². The number of rotatable bonds is 9. The number of likely N-dealkylation sites (N-methyl/N-ethyl adjacent to an activating group) is 1. The lowest BCUT2D eigenvalue weighted by molar-refractivity contribution is -0.129. The molecule has 0 aliphatic heterocycles. The molecule has 0 radical (unpaired) electrons. The van der Waals surface area contributed by atoms with Gasteiger partial charge >= 0.3 is 0 Å². The average molecular weight is 421 g/mol. The van der Waals surface area contributed by atoms with Crippen molar-refractivity contribution < 1.29 is 19.1 Å². The van der Waals surface area contributed by atoms with E-state index in [1.54, 1.807) is 30.1 Å². The Kier molecular flexibility index (Phi) is 7.49. The minimum Gasteiger partial charge on any atom is -0.490 e. The average Bonchev–Trinajstić information content (AvgIpc) is 2.78. The molecule has 0 saturated carbocycles. The third-order valence-corrected chi connectivity index (χ3v) is 4.87. The van der Waals surface area contributed by atoms with Gasteiger partial charge in [0.15, 0.2) is 11.5 Å². The number of hydrogen-bond acceptors (Lipinski definition) is 4. The van der Waals surface area contributed by atoms with Crippen LogP contribution < -0.4 is 14.8 Å². The Hall–Kier alpha value is -3.54. The highest BCUT2D eigenvalue weighted by atomic mass is 16.5. The van der Waals surface area contributed by atoms with Crippen molar-refractivity contribution >= 4 is 22.6 Å². The lowest BCUT2D eigenvalue weighted by Gasteiger charge is -2.18. The fourth-order valence-corrected chi connectivity index (χ4v) is 3.28. The van der Waals surface area contributed by atoms with Crippen molar-refractivity contribution in [3.63, 3.8) is 0 Å². The fourth-order valence-electron chi connectivity index (χ4n) is 3.28. The van der Waals surface area contributed by atoms with Crippen molar-refractivity contribution in [1.82, 2.24) is 10.2 Å². The maximum Gasteiger partial charge on any atom is 0.251 e. The summed E-state index contributed by atoms with van der Waals surface area (Å²) in [6.45, 7) is 5.10. The molecular weight excluding hydrogens is 392 g/mol. The molecule has 0 aromatic heterocycles. The number of amides is 2. The van der Waals surface area contributed by atoms with E-state index in [0.717, 1.165) is 16.3 Å². The highest BCUT2D eigenvalue weighted by Gasteiger charge is 2.15. The van der Waals surface area contributed by atoms with Gasteiger partial charge in [-0.15, -0.1) is 0 Å². The molecule has 6 nitrogen and oxygen atoms in total. The number of benzene rings is 3. The number of ether oxygens (including phenoxy) is 2. The summed E-state index contributed by atoms with van der Waals surface area (Å²) in [6.07, 6.45) is 0. The Morgan fingerprint density at radius 3 is 2.32 bits per heavy atom. The van der Waals surface area contributed by atoms with Crippen LogP contribution in [0.1, 0.15) is 29.8 Å². The van der Waals surface area contributed by atoms with E-state index < -0.39 is 0 Å². The van der Waals surface area contributed by atoms with Crippen molar-refractivity contribution in [2.24, 2.45) is 0 Å². The van der Waals surface area contributed by atoms with Crippen LogP contribution in [-0.2, 0) is 11.3 Å². The van der Waals surface area contributed by atoms with Crippen LogP contribution >= 0.6 is 0 Å². The van der Waals surface area contributed by atoms with E-state index in [9.17, 15) is 9.59 Å². The molecule has 31 heavy (non-hydrogen) atoms. The summed E-state index contributed by atoms with van der Waals surface area (Å²) in [6, 6.07) is 19.2. The zero-order chi connectivity index (χ0) is 22.2. The summed E-state index contributed by atoms with van der Waals surface area (Å²) < 4.78 is 11.1. The molecule has 2 amide bonds. The topological polar surface area (TPSA) is 67.9 Å². The first-order chi connectivity index (χ1) is 15.0. The van der Waals surface area contributed by atoms with Crippen molar-refractivity contribution in [3.8, 4) is 11.5 Å². The van der Waals surface area contributed by atoms with Gasteiger partial charge in [0, 0.05) is 19.2 Å². The van der Waals surface area contributed by atoms with E-state index >= 15 is 0 Å². The van der Waals surface area contributed by atoms with Gasteiger partial charge in [-0.25, -0.2) is 0 Å². The molecule has 0 aliphatic carbocycles. The molecule has 162 valence electrons. The fraction of sp³-hybridized carbons (Fsp3) is 0.280. The van der Waals surface area contributed by atoms with Crippen LogP contribution in [0.3, 0.4) is 0 Å². The molecule has 0 fully saturated rings. The molecule has 3 rings (SSSR count). The SMILES string of the molecule is CCOc1ccc(C(=O)NCC(=O)N(C)Cc2ccc3ccccc3c2)cc1OCC. The molecule has 1 N–H and O–H groups in total. The molecule has 6 heteroatoms. The van der Waals surface area contributed by atoms with Gasteiger partial charge in [0.25, 0.3) is 5.91 Å². The third kappa shape index (κ3) is 5.75. The molecule has 0 aliphatic rings. The summed E-state index contributed by atoms with van der Waals surface area (Å²) in [5, 5.41) is 4.98. The minimum absolute atomic E-state index is 0.0832. The van der Waals surface area contributed by atoms with Crippen molar-refractivity contribution in [2.75, 3.05) is 26.8 Å². The normalized spacial score (nSPS) is 10.5. The van der Waals surface area contributed by atoms with Gasteiger partial charge in [-0.3, -0.25) is 9.59 Å². The molecule has 3 aromatic carbocycles. The molecule has 3 aromatic rings. The van der Waals surface area contributed by atoms with Gasteiger partial charge in [-0.1, -0.05) is 36.4 Å². The van der Waals surface area contributed by atoms with Crippen LogP contribution in [0, 0.1) is 0 Å². The predicted molar refractivity (Wildman–Crippen MR) is 122 cm³/mol. The van der Waals surface area contributed by atoms with Crippen molar-refractivity contribution in [2.45, 2.75) is 20.4 Å². The van der Waals surface area contributed by atoms with E-state index in [-0.39, 0.29) is 18.4 Å². The van der Waals surface area contributed by atoms with Crippen LogP contribution in [0.2, 0.25) is 0 Å². The van der Waals surface area contributed by atoms with E-state index in [2.05, 4.69) is 17.4 Å². The van der Waals surface area contributed by atoms with Gasteiger partial charge in [0.1, 0.15) is 0 Å². The molecule has 0 spiro atoms. The Balaban J connectivity index is 1.58. The Bertz CT molecular complexity index is 1060. The van der Waals surface area contributed by atoms with E-state index in [4.69, 9.17) is 9.47 Å². The van der Waals surface area contributed by atoms with Crippen LogP contribution in [0.15, 0.2) is 60.7 Å². The van der Waals surface area contributed by atoms with E-state index in [1.165, 1.54) is 0 Å². The molecule has 0 atom stereocenters. The lowest BCUT2D eigenvalue weighted by atomic mass is 10.1. The van der Waals surface area contributed by atoms with Crippen molar-refractivity contribution in [3.05, 3.63) is 71.8 Å². The van der Waals surface area contributed by atoms with Gasteiger partial charge in [0.2, 0.25) is 5.91 Å². The first kappa shape index (κ1) is 22.2. The second-order valence-electron chi connectivity index (χ2n) is 7.14. The monoisotopic (exact) mass is 420 g/mol. The van der Waals surface area contributed by atoms with Gasteiger partial charge < -0.3 is 19.7 Å². The number of fused-ring (bicyclic) bond motifs is 1. The largest absolute Gasteiger partial charge is 0.490 e. The highest BCUT2D eigenvalue weighted by molar-refractivity contribution is 5.97. The van der Waals surface area contributed by atoms with Crippen LogP contribution in [0.25, 0.3) is 10.8 Å². The quantitative estimate of drug-likeness (QED) is 0.568. The second-order valence-corrected chi connectivity index (χ2v) is 7.14. The smallest absolute Gasteiger partial charge is 0.251 e. The summed E-state index contributed by atoms with van der Waals surface area (Å²) >= 11 is 0. The van der Waals surface area contributed by atoms with Crippen LogP contribution in [0.4, 0.5) is 0 Å². The lowest BCUT2D eigenvalue weighted by Crippen LogP contribution is -2.37. The van der Waals surface area contributed by atoms with Gasteiger partial charge in [-0.05, 0) is 54.4 Å². The molecule has 0 saturated heterocycles. The number of hydrogen-bond donors (Lipinski definition) is 1. The highest BCUT2D eigenvalue weighted by Crippen LogP contribution is 2.28. The zero-order valence-electron chi connectivity index (χ0n) is 18.2. The first-order valence-electron chi connectivity index (χ1n) is 10.4. The van der Waals surface area contributed by atoms with E-state index in [0.29, 0.717) is 36.8 Å². The molecule has 0 unspecified atom stereocenters. The molecule has 0 heterocycles. The summed E-state index contributed by atoms with van der Waals surface area (Å²) in [5.41, 5.74) is 1.45. The summed E-state index contributed by atoms with van der Waals surface area (Å²) in [7, 11) is 1.73. The van der Waals surface area contributed by atoms with E-state index in [1.807, 2.05) is 44.2 Å².